The number of aromatic nitrogens is 1. The molecule has 3 heteroatoms. The van der Waals surface area contributed by atoms with E-state index in [1.165, 1.54) is 0 Å². The zero-order valence-corrected chi connectivity index (χ0v) is 8.72. The summed E-state index contributed by atoms with van der Waals surface area (Å²) in [5.41, 5.74) is 1.57. The van der Waals surface area contributed by atoms with E-state index < -0.39 is 0 Å². The average molecular weight is 217 g/mol. The van der Waals surface area contributed by atoms with Crippen molar-refractivity contribution in [3.8, 4) is 0 Å². The highest BCUT2D eigenvalue weighted by Crippen LogP contribution is 2.23. The Hall–Kier alpha value is -1.67. The minimum Gasteiger partial charge on any atom is -0.255 e. The van der Waals surface area contributed by atoms with Gasteiger partial charge in [0.15, 0.2) is 0 Å². The molecule has 0 N–H and O–H groups in total. The summed E-state index contributed by atoms with van der Waals surface area (Å²) in [4.78, 5) is 8.39. The zero-order valence-electron chi connectivity index (χ0n) is 7.97. The molecule has 74 valence electrons. The molecule has 0 amide bonds. The van der Waals surface area contributed by atoms with Gasteiger partial charge in [0.25, 0.3) is 0 Å². The van der Waals surface area contributed by atoms with E-state index in [1.54, 1.807) is 12.4 Å². The highest BCUT2D eigenvalue weighted by Gasteiger charge is 1.94. The molecule has 0 atom stereocenters. The summed E-state index contributed by atoms with van der Waals surface area (Å²) in [5, 5.41) is 0.643. The quantitative estimate of drug-likeness (QED) is 0.706. The first kappa shape index (κ1) is 9.87. The zero-order chi connectivity index (χ0) is 10.5. The molecule has 0 saturated carbocycles. The molecule has 2 rings (SSSR count). The maximum atomic E-state index is 5.96. The van der Waals surface area contributed by atoms with Crippen molar-refractivity contribution in [3.05, 3.63) is 59.4 Å². The van der Waals surface area contributed by atoms with Crippen molar-refractivity contribution in [2.24, 2.45) is 4.99 Å². The smallest absolute Gasteiger partial charge is 0.0816 e. The third kappa shape index (κ3) is 2.64. The lowest BCUT2D eigenvalue weighted by Crippen LogP contribution is -1.83. The molecule has 15 heavy (non-hydrogen) atoms. The average Bonchev–Trinajstić information content (AvgIpc) is 2.29. The second kappa shape index (κ2) is 4.71. The number of rotatable bonds is 2. The monoisotopic (exact) mass is 216 g/mol. The molecule has 1 aromatic heterocycles. The van der Waals surface area contributed by atoms with Crippen LogP contribution in [0.2, 0.25) is 5.02 Å². The lowest BCUT2D eigenvalue weighted by Gasteiger charge is -1.95. The van der Waals surface area contributed by atoms with Crippen LogP contribution < -0.4 is 0 Å². The molecular weight excluding hydrogens is 208 g/mol. The Morgan fingerprint density at radius 1 is 1.07 bits per heavy atom. The topological polar surface area (TPSA) is 25.2 Å². The number of aliphatic imine (C=N–C) groups is 1. The van der Waals surface area contributed by atoms with Gasteiger partial charge in [-0.15, -0.1) is 0 Å². The third-order valence-corrected chi connectivity index (χ3v) is 2.20. The minimum atomic E-state index is 0.643. The molecule has 0 saturated heterocycles. The molecule has 1 heterocycles. The van der Waals surface area contributed by atoms with Gasteiger partial charge in [-0.1, -0.05) is 29.8 Å². The van der Waals surface area contributed by atoms with Crippen molar-refractivity contribution in [2.75, 3.05) is 0 Å². The first-order valence-electron chi connectivity index (χ1n) is 4.56. The summed E-state index contributed by atoms with van der Waals surface area (Å²) < 4.78 is 0. The maximum Gasteiger partial charge on any atom is 0.0816 e. The lowest BCUT2D eigenvalue weighted by atomic mass is 10.3. The van der Waals surface area contributed by atoms with Crippen LogP contribution in [0.4, 0.5) is 5.69 Å². The Balaban J connectivity index is 2.23. The fourth-order valence-electron chi connectivity index (χ4n) is 1.14. The fraction of sp³-hybridized carbons (Fsp3) is 0. The van der Waals surface area contributed by atoms with E-state index in [-0.39, 0.29) is 0 Å². The van der Waals surface area contributed by atoms with Gasteiger partial charge in [0.2, 0.25) is 0 Å². The van der Waals surface area contributed by atoms with Crippen molar-refractivity contribution >= 4 is 23.5 Å². The predicted octanol–water partition coefficient (Wildman–Crippen LogP) is 3.49. The number of para-hydroxylation sites is 1. The van der Waals surface area contributed by atoms with E-state index >= 15 is 0 Å². The summed E-state index contributed by atoms with van der Waals surface area (Å²) in [6.07, 6.45) is 3.43. The summed E-state index contributed by atoms with van der Waals surface area (Å²) in [5.74, 6) is 0. The molecule has 0 bridgehead atoms. The van der Waals surface area contributed by atoms with Crippen LogP contribution in [0.25, 0.3) is 0 Å². The van der Waals surface area contributed by atoms with Gasteiger partial charge < -0.3 is 0 Å². The van der Waals surface area contributed by atoms with E-state index in [4.69, 9.17) is 11.6 Å². The first-order chi connectivity index (χ1) is 7.36. The molecule has 0 unspecified atom stereocenters. The highest BCUT2D eigenvalue weighted by atomic mass is 35.5. The molecule has 0 aliphatic rings. The van der Waals surface area contributed by atoms with Crippen molar-refractivity contribution in [3.63, 3.8) is 0 Å². The first-order valence-corrected chi connectivity index (χ1v) is 4.94. The number of benzene rings is 1. The van der Waals surface area contributed by atoms with E-state index in [2.05, 4.69) is 9.98 Å². The Bertz CT molecular complexity index is 466. The van der Waals surface area contributed by atoms with Crippen LogP contribution in [0, 0.1) is 0 Å². The number of pyridine rings is 1. The Kier molecular flexibility index (Phi) is 3.10. The van der Waals surface area contributed by atoms with E-state index in [9.17, 15) is 0 Å². The number of hydrogen-bond donors (Lipinski definition) is 0. The second-order valence-electron chi connectivity index (χ2n) is 2.96. The largest absolute Gasteiger partial charge is 0.255 e. The summed E-state index contributed by atoms with van der Waals surface area (Å²) in [7, 11) is 0. The standard InChI is InChI=1S/C12H9ClN2/c13-11-6-1-2-7-12(11)15-9-10-5-3-4-8-14-10/h1-9H. The van der Waals surface area contributed by atoms with Gasteiger partial charge in [-0.2, -0.15) is 0 Å². The molecule has 0 spiro atoms. The van der Waals surface area contributed by atoms with E-state index in [1.807, 2.05) is 42.5 Å². The van der Waals surface area contributed by atoms with Gasteiger partial charge in [0.05, 0.1) is 22.6 Å². The predicted molar refractivity (Wildman–Crippen MR) is 62.9 cm³/mol. The van der Waals surface area contributed by atoms with Crippen LogP contribution in [0.15, 0.2) is 53.7 Å². The SMILES string of the molecule is Clc1ccccc1N=Cc1ccccn1. The van der Waals surface area contributed by atoms with Crippen LogP contribution in [0.3, 0.4) is 0 Å². The molecule has 1 aromatic carbocycles. The molecule has 0 fully saturated rings. The van der Waals surface area contributed by atoms with Gasteiger partial charge in [-0.25, -0.2) is 0 Å². The van der Waals surface area contributed by atoms with Gasteiger partial charge in [-0.3, -0.25) is 9.98 Å². The molecular formula is C12H9ClN2. The van der Waals surface area contributed by atoms with Crippen molar-refractivity contribution in [1.29, 1.82) is 0 Å². The van der Waals surface area contributed by atoms with Crippen molar-refractivity contribution in [1.82, 2.24) is 4.98 Å². The second-order valence-corrected chi connectivity index (χ2v) is 3.37. The summed E-state index contributed by atoms with van der Waals surface area (Å²) in [6.45, 7) is 0. The number of halogens is 1. The molecule has 0 aliphatic carbocycles. The third-order valence-electron chi connectivity index (χ3n) is 1.88. The molecule has 0 aliphatic heterocycles. The maximum absolute atomic E-state index is 5.96. The van der Waals surface area contributed by atoms with Crippen LogP contribution in [0.1, 0.15) is 5.69 Å². The minimum absolute atomic E-state index is 0.643. The number of nitrogens with zero attached hydrogens (tertiary/aromatic N) is 2. The van der Waals surface area contributed by atoms with E-state index in [0.717, 1.165) is 11.4 Å². The van der Waals surface area contributed by atoms with Crippen LogP contribution in [0.5, 0.6) is 0 Å². The van der Waals surface area contributed by atoms with E-state index in [0.29, 0.717) is 5.02 Å². The van der Waals surface area contributed by atoms with Crippen LogP contribution in [-0.2, 0) is 0 Å². The summed E-state index contributed by atoms with van der Waals surface area (Å²) >= 11 is 5.96. The van der Waals surface area contributed by atoms with Crippen molar-refractivity contribution in [2.45, 2.75) is 0 Å². The molecule has 2 aromatic rings. The van der Waals surface area contributed by atoms with Gasteiger partial charge in [-0.05, 0) is 24.3 Å². The van der Waals surface area contributed by atoms with Gasteiger partial charge in [0.1, 0.15) is 0 Å². The molecule has 2 nitrogen and oxygen atoms in total. The van der Waals surface area contributed by atoms with Gasteiger partial charge in [0, 0.05) is 6.20 Å². The lowest BCUT2D eigenvalue weighted by molar-refractivity contribution is 1.30. The summed E-state index contributed by atoms with van der Waals surface area (Å²) in [6, 6.07) is 13.1. The van der Waals surface area contributed by atoms with Crippen LogP contribution in [-0.4, -0.2) is 11.2 Å². The Morgan fingerprint density at radius 2 is 1.87 bits per heavy atom. The number of hydrogen-bond acceptors (Lipinski definition) is 2. The molecule has 0 radical (unpaired) electrons. The Labute approximate surface area is 93.3 Å². The Morgan fingerprint density at radius 3 is 2.60 bits per heavy atom. The highest BCUT2D eigenvalue weighted by molar-refractivity contribution is 6.33. The van der Waals surface area contributed by atoms with Crippen LogP contribution >= 0.6 is 11.6 Å². The fourth-order valence-corrected chi connectivity index (χ4v) is 1.33. The van der Waals surface area contributed by atoms with Gasteiger partial charge >= 0.3 is 0 Å². The normalized spacial score (nSPS) is 10.7. The van der Waals surface area contributed by atoms with Crippen molar-refractivity contribution < 1.29 is 0 Å².